The van der Waals surface area contributed by atoms with Crippen LogP contribution in [-0.4, -0.2) is 10.5 Å². The van der Waals surface area contributed by atoms with Crippen LogP contribution in [0, 0.1) is 0 Å². The zero-order valence-corrected chi connectivity index (χ0v) is 14.7. The van der Waals surface area contributed by atoms with Crippen molar-refractivity contribution < 1.29 is 5.11 Å². The molecule has 0 aliphatic heterocycles. The van der Waals surface area contributed by atoms with E-state index < -0.39 is 0 Å². The number of halogens is 1. The molecule has 2 heteroatoms. The molecule has 0 aliphatic carbocycles. The van der Waals surface area contributed by atoms with Gasteiger partial charge in [-0.15, -0.1) is 11.6 Å². The first-order valence-electron chi connectivity index (χ1n) is 7.44. The maximum Gasteiger partial charge on any atom is 0.123 e. The van der Waals surface area contributed by atoms with Gasteiger partial charge in [0, 0.05) is 5.38 Å². The standard InChI is InChI=1S/C18H29ClO/c1-12(19)8-9-13-10-14(17(2,3)4)16(20)15(11-13)18(5,6)7/h10-12,20H,8-9H2,1-7H3. The van der Waals surface area contributed by atoms with Crippen molar-refractivity contribution in [3.8, 4) is 5.75 Å². The van der Waals surface area contributed by atoms with Gasteiger partial charge in [0.25, 0.3) is 0 Å². The third kappa shape index (κ3) is 4.41. The molecule has 0 saturated heterocycles. The van der Waals surface area contributed by atoms with Crippen molar-refractivity contribution in [2.75, 3.05) is 0 Å². The lowest BCUT2D eigenvalue weighted by Crippen LogP contribution is -2.18. The van der Waals surface area contributed by atoms with E-state index in [2.05, 4.69) is 53.7 Å². The summed E-state index contributed by atoms with van der Waals surface area (Å²) < 4.78 is 0. The van der Waals surface area contributed by atoms with Crippen LogP contribution >= 0.6 is 11.6 Å². The fourth-order valence-electron chi connectivity index (χ4n) is 2.35. The van der Waals surface area contributed by atoms with Crippen LogP contribution in [0.4, 0.5) is 0 Å². The Hall–Kier alpha value is -0.690. The molecule has 0 spiro atoms. The molecule has 0 heterocycles. The van der Waals surface area contributed by atoms with Crippen LogP contribution in [0.25, 0.3) is 0 Å². The largest absolute Gasteiger partial charge is 0.507 e. The molecule has 0 aromatic heterocycles. The molecule has 1 rings (SSSR count). The van der Waals surface area contributed by atoms with Crippen LogP contribution in [0.2, 0.25) is 0 Å². The molecule has 114 valence electrons. The van der Waals surface area contributed by atoms with Crippen LogP contribution in [0.15, 0.2) is 12.1 Å². The predicted octanol–water partition coefficient (Wildman–Crippen LogP) is 5.55. The first-order chi connectivity index (χ1) is 8.93. The average molecular weight is 297 g/mol. The lowest BCUT2D eigenvalue weighted by Gasteiger charge is -2.28. The van der Waals surface area contributed by atoms with E-state index in [0.29, 0.717) is 5.75 Å². The lowest BCUT2D eigenvalue weighted by molar-refractivity contribution is 0.422. The van der Waals surface area contributed by atoms with Gasteiger partial charge in [0.2, 0.25) is 0 Å². The van der Waals surface area contributed by atoms with E-state index >= 15 is 0 Å². The zero-order chi connectivity index (χ0) is 15.7. The Kier molecular flexibility index (Phi) is 5.18. The van der Waals surface area contributed by atoms with Gasteiger partial charge in [0.15, 0.2) is 0 Å². The van der Waals surface area contributed by atoms with Gasteiger partial charge in [0.1, 0.15) is 5.75 Å². The Labute approximate surface area is 129 Å². The molecule has 0 saturated carbocycles. The first-order valence-corrected chi connectivity index (χ1v) is 7.87. The fourth-order valence-corrected chi connectivity index (χ4v) is 2.46. The summed E-state index contributed by atoms with van der Waals surface area (Å²) in [6.45, 7) is 14.9. The van der Waals surface area contributed by atoms with E-state index in [1.807, 2.05) is 6.92 Å². The Balaban J connectivity index is 3.35. The summed E-state index contributed by atoms with van der Waals surface area (Å²) >= 11 is 6.07. The lowest BCUT2D eigenvalue weighted by atomic mass is 9.78. The number of phenolic OH excluding ortho intramolecular Hbond substituents is 1. The molecular formula is C18H29ClO. The minimum absolute atomic E-state index is 0.0628. The van der Waals surface area contributed by atoms with Crippen molar-refractivity contribution in [3.63, 3.8) is 0 Å². The minimum atomic E-state index is -0.0628. The Morgan fingerprint density at radius 2 is 1.40 bits per heavy atom. The van der Waals surface area contributed by atoms with Crippen molar-refractivity contribution in [1.82, 2.24) is 0 Å². The Morgan fingerprint density at radius 1 is 1.00 bits per heavy atom. The third-order valence-corrected chi connectivity index (χ3v) is 3.83. The summed E-state index contributed by atoms with van der Waals surface area (Å²) in [7, 11) is 0. The highest BCUT2D eigenvalue weighted by Crippen LogP contribution is 2.40. The van der Waals surface area contributed by atoms with E-state index in [1.165, 1.54) is 5.56 Å². The Bertz CT molecular complexity index is 426. The molecule has 0 aliphatic rings. The molecule has 0 fully saturated rings. The number of alkyl halides is 1. The molecule has 1 N–H and O–H groups in total. The highest BCUT2D eigenvalue weighted by atomic mass is 35.5. The molecule has 1 aromatic carbocycles. The zero-order valence-electron chi connectivity index (χ0n) is 14.0. The summed E-state index contributed by atoms with van der Waals surface area (Å²) in [5.74, 6) is 0.452. The number of phenols is 1. The van der Waals surface area contributed by atoms with Crippen molar-refractivity contribution >= 4 is 11.6 Å². The van der Waals surface area contributed by atoms with E-state index in [9.17, 15) is 5.11 Å². The number of hydrogen-bond donors (Lipinski definition) is 1. The van der Waals surface area contributed by atoms with Gasteiger partial charge in [0.05, 0.1) is 0 Å². The number of aromatic hydroxyl groups is 1. The predicted molar refractivity (Wildman–Crippen MR) is 89.1 cm³/mol. The van der Waals surface area contributed by atoms with Gasteiger partial charge in [-0.3, -0.25) is 0 Å². The molecule has 1 nitrogen and oxygen atoms in total. The van der Waals surface area contributed by atoms with Gasteiger partial charge in [-0.05, 0) is 47.3 Å². The first kappa shape index (κ1) is 17.4. The number of aryl methyl sites for hydroxylation is 1. The molecule has 20 heavy (non-hydrogen) atoms. The monoisotopic (exact) mass is 296 g/mol. The molecule has 1 aromatic rings. The minimum Gasteiger partial charge on any atom is -0.507 e. The van der Waals surface area contributed by atoms with Gasteiger partial charge in [-0.25, -0.2) is 0 Å². The van der Waals surface area contributed by atoms with Crippen molar-refractivity contribution in [1.29, 1.82) is 0 Å². The van der Waals surface area contributed by atoms with Gasteiger partial charge in [-0.2, -0.15) is 0 Å². The third-order valence-electron chi connectivity index (χ3n) is 3.62. The second-order valence-corrected chi connectivity index (χ2v) is 8.60. The topological polar surface area (TPSA) is 20.2 Å². The number of benzene rings is 1. The molecular weight excluding hydrogens is 268 g/mol. The molecule has 0 bridgehead atoms. The van der Waals surface area contributed by atoms with Crippen LogP contribution in [0.3, 0.4) is 0 Å². The van der Waals surface area contributed by atoms with Crippen LogP contribution in [-0.2, 0) is 17.3 Å². The maximum absolute atomic E-state index is 10.6. The number of rotatable bonds is 3. The van der Waals surface area contributed by atoms with Gasteiger partial charge < -0.3 is 5.11 Å². The second-order valence-electron chi connectivity index (χ2n) is 7.86. The van der Waals surface area contributed by atoms with Crippen molar-refractivity contribution in [2.24, 2.45) is 0 Å². The second kappa shape index (κ2) is 5.97. The van der Waals surface area contributed by atoms with E-state index in [4.69, 9.17) is 11.6 Å². The maximum atomic E-state index is 10.6. The smallest absolute Gasteiger partial charge is 0.123 e. The van der Waals surface area contributed by atoms with Crippen LogP contribution < -0.4 is 0 Å². The summed E-state index contributed by atoms with van der Waals surface area (Å²) in [5.41, 5.74) is 3.20. The molecule has 1 unspecified atom stereocenters. The summed E-state index contributed by atoms with van der Waals surface area (Å²) in [6.07, 6.45) is 1.91. The van der Waals surface area contributed by atoms with Crippen LogP contribution in [0.5, 0.6) is 5.75 Å². The summed E-state index contributed by atoms with van der Waals surface area (Å²) in [6, 6.07) is 4.29. The molecule has 0 radical (unpaired) electrons. The highest BCUT2D eigenvalue weighted by molar-refractivity contribution is 6.20. The van der Waals surface area contributed by atoms with E-state index in [0.717, 1.165) is 24.0 Å². The molecule has 0 amide bonds. The normalized spacial score (nSPS) is 14.4. The van der Waals surface area contributed by atoms with Crippen molar-refractivity contribution in [2.45, 2.75) is 77.5 Å². The average Bonchev–Trinajstić information content (AvgIpc) is 2.24. The molecule has 1 atom stereocenters. The van der Waals surface area contributed by atoms with Gasteiger partial charge in [-0.1, -0.05) is 53.7 Å². The highest BCUT2D eigenvalue weighted by Gasteiger charge is 2.26. The fraction of sp³-hybridized carbons (Fsp3) is 0.667. The van der Waals surface area contributed by atoms with E-state index in [1.54, 1.807) is 0 Å². The number of hydrogen-bond acceptors (Lipinski definition) is 1. The summed E-state index contributed by atoms with van der Waals surface area (Å²) in [5, 5.41) is 10.8. The van der Waals surface area contributed by atoms with Crippen molar-refractivity contribution in [3.05, 3.63) is 28.8 Å². The van der Waals surface area contributed by atoms with Gasteiger partial charge >= 0.3 is 0 Å². The quantitative estimate of drug-likeness (QED) is 0.725. The summed E-state index contributed by atoms with van der Waals surface area (Å²) in [4.78, 5) is 0. The SMILES string of the molecule is CC(Cl)CCc1cc(C(C)(C)C)c(O)c(C(C)(C)C)c1. The van der Waals surface area contributed by atoms with E-state index in [-0.39, 0.29) is 16.2 Å². The Morgan fingerprint density at radius 3 is 1.70 bits per heavy atom. The van der Waals surface area contributed by atoms with Crippen LogP contribution in [0.1, 0.15) is 71.6 Å².